The summed E-state index contributed by atoms with van der Waals surface area (Å²) in [5.74, 6) is 0.369. The van der Waals surface area contributed by atoms with Crippen molar-refractivity contribution < 1.29 is 17.5 Å². The number of primary sulfonamides is 1. The maximum Gasteiger partial charge on any atom is 0.238 e. The highest BCUT2D eigenvalue weighted by atomic mass is 32.2. The lowest BCUT2D eigenvalue weighted by Crippen LogP contribution is -2.41. The van der Waals surface area contributed by atoms with Crippen molar-refractivity contribution in [1.29, 1.82) is 0 Å². The van der Waals surface area contributed by atoms with Gasteiger partial charge >= 0.3 is 0 Å². The van der Waals surface area contributed by atoms with E-state index in [0.29, 0.717) is 25.6 Å². The maximum absolute atomic E-state index is 13.7. The molecule has 1 unspecified atom stereocenters. The van der Waals surface area contributed by atoms with E-state index in [2.05, 4.69) is 15.6 Å². The van der Waals surface area contributed by atoms with E-state index in [4.69, 9.17) is 9.88 Å². The van der Waals surface area contributed by atoms with Crippen molar-refractivity contribution in [3.63, 3.8) is 0 Å². The summed E-state index contributed by atoms with van der Waals surface area (Å²) in [4.78, 5) is 4.52. The zero-order valence-corrected chi connectivity index (χ0v) is 16.7. The van der Waals surface area contributed by atoms with Crippen LogP contribution in [0.25, 0.3) is 0 Å². The Labute approximate surface area is 164 Å². The predicted molar refractivity (Wildman–Crippen MR) is 107 cm³/mol. The molecular weight excluding hydrogens is 383 g/mol. The van der Waals surface area contributed by atoms with Crippen molar-refractivity contribution in [1.82, 2.24) is 10.6 Å². The second kappa shape index (κ2) is 10.0. The molecule has 0 aliphatic heterocycles. The number of hydrogen-bond donors (Lipinski definition) is 3. The van der Waals surface area contributed by atoms with E-state index in [0.717, 1.165) is 5.56 Å². The van der Waals surface area contributed by atoms with Crippen LogP contribution >= 0.6 is 0 Å². The lowest BCUT2D eigenvalue weighted by atomic mass is 10.2. The number of halogens is 1. The first-order valence-corrected chi connectivity index (χ1v) is 10.4. The lowest BCUT2D eigenvalue weighted by molar-refractivity contribution is 0.214. The topological polar surface area (TPSA) is 106 Å². The first-order valence-electron chi connectivity index (χ1n) is 8.84. The van der Waals surface area contributed by atoms with E-state index in [1.807, 2.05) is 13.8 Å². The average Bonchev–Trinajstić information content (AvgIpc) is 2.65. The van der Waals surface area contributed by atoms with Crippen LogP contribution in [-0.2, 0) is 16.6 Å². The van der Waals surface area contributed by atoms with Crippen LogP contribution in [0.4, 0.5) is 4.39 Å². The maximum atomic E-state index is 13.7. The quantitative estimate of drug-likeness (QED) is 0.458. The van der Waals surface area contributed by atoms with Crippen molar-refractivity contribution in [3.8, 4) is 5.75 Å². The number of ether oxygens (including phenoxy) is 1. The standard InChI is InChI=1S/C19H25FN4O3S/c1-3-22-19(23-12-14(2)27-18-7-5-4-6-17(18)20)24-13-15-8-10-16(11-9-15)28(21,25)26/h4-11,14H,3,12-13H2,1-2H3,(H2,21,25,26)(H2,22,23,24). The van der Waals surface area contributed by atoms with E-state index in [9.17, 15) is 12.8 Å². The van der Waals surface area contributed by atoms with Gasteiger partial charge in [-0.2, -0.15) is 0 Å². The Hall–Kier alpha value is -2.65. The Balaban J connectivity index is 1.93. The van der Waals surface area contributed by atoms with Crippen LogP contribution < -0.4 is 20.5 Å². The number of nitrogens with two attached hydrogens (primary N) is 1. The number of aliphatic imine (C=N–C) groups is 1. The second-order valence-electron chi connectivity index (χ2n) is 6.12. The smallest absolute Gasteiger partial charge is 0.238 e. The van der Waals surface area contributed by atoms with Gasteiger partial charge in [0.15, 0.2) is 17.5 Å². The number of hydrogen-bond acceptors (Lipinski definition) is 4. The Kier molecular flexibility index (Phi) is 7.77. The zero-order chi connectivity index (χ0) is 20.6. The van der Waals surface area contributed by atoms with Crippen LogP contribution in [0.3, 0.4) is 0 Å². The third kappa shape index (κ3) is 6.82. The summed E-state index contributed by atoms with van der Waals surface area (Å²) in [5.41, 5.74) is 0.834. The molecule has 0 bridgehead atoms. The van der Waals surface area contributed by atoms with Gasteiger partial charge in [-0.1, -0.05) is 24.3 Å². The molecule has 2 aromatic rings. The highest BCUT2D eigenvalue weighted by Crippen LogP contribution is 2.16. The third-order valence-electron chi connectivity index (χ3n) is 3.74. The Morgan fingerprint density at radius 1 is 1.18 bits per heavy atom. The molecule has 0 aliphatic carbocycles. The molecule has 0 spiro atoms. The number of benzene rings is 2. The van der Waals surface area contributed by atoms with Gasteiger partial charge in [-0.25, -0.2) is 22.9 Å². The van der Waals surface area contributed by atoms with Crippen LogP contribution in [0.5, 0.6) is 5.75 Å². The SMILES string of the molecule is CCNC(=NCc1ccc(S(N)(=O)=O)cc1)NCC(C)Oc1ccccc1F. The van der Waals surface area contributed by atoms with Gasteiger partial charge in [0.1, 0.15) is 6.10 Å². The largest absolute Gasteiger partial charge is 0.486 e. The molecule has 0 aliphatic rings. The molecule has 0 saturated carbocycles. The molecular formula is C19H25FN4O3S. The molecule has 9 heteroatoms. The van der Waals surface area contributed by atoms with E-state index in [1.165, 1.54) is 18.2 Å². The lowest BCUT2D eigenvalue weighted by Gasteiger charge is -2.18. The van der Waals surface area contributed by atoms with Gasteiger partial charge in [0.25, 0.3) is 0 Å². The van der Waals surface area contributed by atoms with E-state index >= 15 is 0 Å². The van der Waals surface area contributed by atoms with Crippen molar-refractivity contribution in [2.24, 2.45) is 10.1 Å². The van der Waals surface area contributed by atoms with Gasteiger partial charge in [-0.15, -0.1) is 0 Å². The summed E-state index contributed by atoms with van der Waals surface area (Å²) >= 11 is 0. The van der Waals surface area contributed by atoms with Gasteiger partial charge in [0, 0.05) is 6.54 Å². The molecule has 28 heavy (non-hydrogen) atoms. The number of rotatable bonds is 8. The van der Waals surface area contributed by atoms with Gasteiger partial charge in [0.05, 0.1) is 18.0 Å². The molecule has 2 aromatic carbocycles. The van der Waals surface area contributed by atoms with Crippen molar-refractivity contribution in [3.05, 3.63) is 59.9 Å². The highest BCUT2D eigenvalue weighted by Gasteiger charge is 2.09. The van der Waals surface area contributed by atoms with Crippen LogP contribution in [0.2, 0.25) is 0 Å². The van der Waals surface area contributed by atoms with Gasteiger partial charge in [-0.05, 0) is 43.7 Å². The minimum Gasteiger partial charge on any atom is -0.486 e. The second-order valence-corrected chi connectivity index (χ2v) is 7.69. The normalized spacial score (nSPS) is 13.1. The highest BCUT2D eigenvalue weighted by molar-refractivity contribution is 7.89. The molecule has 0 fully saturated rings. The van der Waals surface area contributed by atoms with Crippen LogP contribution in [0, 0.1) is 5.82 Å². The molecule has 0 aromatic heterocycles. The fraction of sp³-hybridized carbons (Fsp3) is 0.316. The van der Waals surface area contributed by atoms with E-state index in [-0.39, 0.29) is 16.7 Å². The Bertz CT molecular complexity index is 902. The van der Waals surface area contributed by atoms with Crippen LogP contribution in [-0.4, -0.2) is 33.6 Å². The summed E-state index contributed by atoms with van der Waals surface area (Å²) in [7, 11) is -3.71. The number of para-hydroxylation sites is 1. The minimum atomic E-state index is -3.71. The Morgan fingerprint density at radius 3 is 2.46 bits per heavy atom. The molecule has 0 radical (unpaired) electrons. The Morgan fingerprint density at radius 2 is 1.86 bits per heavy atom. The zero-order valence-electron chi connectivity index (χ0n) is 15.9. The first kappa shape index (κ1) is 21.6. The number of sulfonamides is 1. The molecule has 0 heterocycles. The van der Waals surface area contributed by atoms with Gasteiger partial charge in [-0.3, -0.25) is 0 Å². The number of guanidine groups is 1. The van der Waals surface area contributed by atoms with Gasteiger partial charge in [0.2, 0.25) is 10.0 Å². The predicted octanol–water partition coefficient (Wildman–Crippen LogP) is 2.00. The minimum absolute atomic E-state index is 0.0596. The van der Waals surface area contributed by atoms with E-state index < -0.39 is 15.8 Å². The molecule has 0 amide bonds. The van der Waals surface area contributed by atoms with Crippen molar-refractivity contribution in [2.75, 3.05) is 13.1 Å². The monoisotopic (exact) mass is 408 g/mol. The summed E-state index contributed by atoms with van der Waals surface area (Å²) in [6, 6.07) is 12.5. The van der Waals surface area contributed by atoms with Crippen LogP contribution in [0.1, 0.15) is 19.4 Å². The fourth-order valence-electron chi connectivity index (χ4n) is 2.34. The summed E-state index contributed by atoms with van der Waals surface area (Å²) in [6.07, 6.45) is -0.283. The van der Waals surface area contributed by atoms with Gasteiger partial charge < -0.3 is 15.4 Å². The number of nitrogens with one attached hydrogen (secondary N) is 2. The molecule has 152 valence electrons. The number of nitrogens with zero attached hydrogens (tertiary/aromatic N) is 1. The van der Waals surface area contributed by atoms with Crippen molar-refractivity contribution >= 4 is 16.0 Å². The molecule has 7 nitrogen and oxygen atoms in total. The first-order chi connectivity index (χ1) is 13.3. The van der Waals surface area contributed by atoms with Crippen molar-refractivity contribution in [2.45, 2.75) is 31.4 Å². The average molecular weight is 408 g/mol. The summed E-state index contributed by atoms with van der Waals surface area (Å²) < 4.78 is 41.8. The molecule has 0 saturated heterocycles. The summed E-state index contributed by atoms with van der Waals surface area (Å²) in [6.45, 7) is 5.21. The summed E-state index contributed by atoms with van der Waals surface area (Å²) in [5, 5.41) is 11.3. The molecule has 4 N–H and O–H groups in total. The van der Waals surface area contributed by atoms with Crippen LogP contribution in [0.15, 0.2) is 58.4 Å². The molecule has 2 rings (SSSR count). The van der Waals surface area contributed by atoms with E-state index in [1.54, 1.807) is 30.3 Å². The molecule has 1 atom stereocenters. The third-order valence-corrected chi connectivity index (χ3v) is 4.67. The fourth-order valence-corrected chi connectivity index (χ4v) is 2.85.